The Kier molecular flexibility index (Phi) is 24.1. The molecule has 0 aromatic rings. The van der Waals surface area contributed by atoms with E-state index in [1.54, 1.807) is 6.92 Å². The molecule has 5 unspecified atom stereocenters. The summed E-state index contributed by atoms with van der Waals surface area (Å²) in [5.41, 5.74) is 8.20. The van der Waals surface area contributed by atoms with Crippen molar-refractivity contribution in [3.63, 3.8) is 0 Å². The van der Waals surface area contributed by atoms with Crippen LogP contribution in [0.3, 0.4) is 0 Å². The lowest BCUT2D eigenvalue weighted by Gasteiger charge is -2.43. The predicted octanol–water partition coefficient (Wildman–Crippen LogP) is 8.81. The number of carbonyl (C=O) groups excluding carboxylic acids is 2. The number of carboxylic acid groups (broad SMARTS) is 1. The van der Waals surface area contributed by atoms with Gasteiger partial charge in [-0.15, -0.1) is 12.6 Å². The third kappa shape index (κ3) is 14.5. The van der Waals surface area contributed by atoms with Crippen LogP contribution in [0.25, 0.3) is 0 Å². The first-order valence-corrected chi connectivity index (χ1v) is 20.1. The van der Waals surface area contributed by atoms with Gasteiger partial charge in [0.25, 0.3) is 0 Å². The molecule has 11 heteroatoms. The second-order valence-corrected chi connectivity index (χ2v) is 16.8. The van der Waals surface area contributed by atoms with Crippen molar-refractivity contribution in [1.29, 1.82) is 5.26 Å². The summed E-state index contributed by atoms with van der Waals surface area (Å²) in [5, 5.41) is 22.5. The third-order valence-corrected chi connectivity index (χ3v) is 11.8. The molecule has 9 nitrogen and oxygen atoms in total. The lowest BCUT2D eigenvalue weighted by atomic mass is 9.59. The SMILES string of the molecule is CC.CCCOC(=O)C(C)(CC(C)C1(C)CC1(CC(C)(C)C(C)(C#N)CCC(=O)O)C(=O)NCCCN)C(C)C.CCN.S=C(S)C1=CCCC=C1. The summed E-state index contributed by atoms with van der Waals surface area (Å²) in [6, 6.07) is 2.39. The molecular weight excluding hydrogens is 693 g/mol. The number of rotatable bonds is 18. The molecule has 5 atom stereocenters. The average molecular weight is 767 g/mol. The van der Waals surface area contributed by atoms with Gasteiger partial charge in [0.1, 0.15) is 0 Å². The molecule has 1 fully saturated rings. The molecule has 1 amide bonds. The molecule has 0 aromatic heterocycles. The van der Waals surface area contributed by atoms with Crippen molar-refractivity contribution in [3.05, 3.63) is 23.8 Å². The van der Waals surface area contributed by atoms with Gasteiger partial charge in [0.15, 0.2) is 0 Å². The topological polar surface area (TPSA) is 169 Å². The molecule has 0 saturated heterocycles. The van der Waals surface area contributed by atoms with Crippen molar-refractivity contribution in [2.75, 3.05) is 26.2 Å². The van der Waals surface area contributed by atoms with Crippen LogP contribution in [0.15, 0.2) is 23.8 Å². The Labute approximate surface area is 327 Å². The number of allylic oxidation sites excluding steroid dienone is 3. The minimum atomic E-state index is -0.940. The van der Waals surface area contributed by atoms with Crippen LogP contribution in [0.2, 0.25) is 0 Å². The Morgan fingerprint density at radius 3 is 2.12 bits per heavy atom. The summed E-state index contributed by atoms with van der Waals surface area (Å²) < 4.78 is 6.29. The number of nitrogens with one attached hydrogen (secondary N) is 1. The first kappa shape index (κ1) is 51.8. The minimum absolute atomic E-state index is 0.0208. The maximum absolute atomic E-state index is 13.8. The molecule has 2 rings (SSSR count). The molecule has 0 spiro atoms. The molecule has 6 N–H and O–H groups in total. The van der Waals surface area contributed by atoms with Crippen molar-refractivity contribution < 1.29 is 24.2 Å². The van der Waals surface area contributed by atoms with Crippen LogP contribution in [0.5, 0.6) is 0 Å². The number of thiol groups is 1. The van der Waals surface area contributed by atoms with E-state index in [-0.39, 0.29) is 36.6 Å². The van der Waals surface area contributed by atoms with Crippen molar-refractivity contribution >= 4 is 46.9 Å². The van der Waals surface area contributed by atoms with Crippen molar-refractivity contribution in [2.45, 2.75) is 141 Å². The lowest BCUT2D eigenvalue weighted by molar-refractivity contribution is -0.159. The van der Waals surface area contributed by atoms with Crippen molar-refractivity contribution in [2.24, 2.45) is 50.4 Å². The first-order valence-electron chi connectivity index (χ1n) is 19.2. The van der Waals surface area contributed by atoms with E-state index in [0.29, 0.717) is 49.6 Å². The second-order valence-electron chi connectivity index (χ2n) is 15.6. The van der Waals surface area contributed by atoms with Crippen molar-refractivity contribution in [1.82, 2.24) is 5.32 Å². The van der Waals surface area contributed by atoms with Gasteiger partial charge in [-0.3, -0.25) is 14.4 Å². The van der Waals surface area contributed by atoms with Gasteiger partial charge in [0.05, 0.1) is 33.1 Å². The van der Waals surface area contributed by atoms with Gasteiger partial charge in [-0.05, 0) is 107 Å². The number of aliphatic carboxylic acids is 1. The highest BCUT2D eigenvalue weighted by Gasteiger charge is 2.72. The van der Waals surface area contributed by atoms with E-state index in [2.05, 4.69) is 50.0 Å². The maximum Gasteiger partial charge on any atom is 0.312 e. The summed E-state index contributed by atoms with van der Waals surface area (Å²) in [6.45, 7) is 26.0. The number of nitrogens with two attached hydrogens (primary N) is 2. The van der Waals surface area contributed by atoms with E-state index >= 15 is 0 Å². The lowest BCUT2D eigenvalue weighted by Crippen LogP contribution is -2.45. The van der Waals surface area contributed by atoms with E-state index in [9.17, 15) is 24.8 Å². The van der Waals surface area contributed by atoms with Gasteiger partial charge in [-0.1, -0.05) is 99.7 Å². The highest BCUT2D eigenvalue weighted by Crippen LogP contribution is 2.74. The number of nitrogens with zero attached hydrogens (tertiary/aromatic N) is 1. The number of amides is 1. The van der Waals surface area contributed by atoms with Crippen LogP contribution in [0.4, 0.5) is 0 Å². The number of esters is 1. The van der Waals surface area contributed by atoms with Crippen LogP contribution in [-0.4, -0.2) is 53.4 Å². The Morgan fingerprint density at radius 2 is 1.71 bits per heavy atom. The summed E-state index contributed by atoms with van der Waals surface area (Å²) in [4.78, 5) is 38.3. The van der Waals surface area contributed by atoms with Crippen molar-refractivity contribution in [3.8, 4) is 6.07 Å². The smallest absolute Gasteiger partial charge is 0.312 e. The summed E-state index contributed by atoms with van der Waals surface area (Å²) in [7, 11) is 0. The maximum atomic E-state index is 13.8. The Morgan fingerprint density at radius 1 is 1.13 bits per heavy atom. The fourth-order valence-corrected chi connectivity index (χ4v) is 7.10. The van der Waals surface area contributed by atoms with Crippen LogP contribution >= 0.6 is 24.8 Å². The number of nitriles is 1. The monoisotopic (exact) mass is 767 g/mol. The average Bonchev–Trinajstić information content (AvgIpc) is 3.72. The van der Waals surface area contributed by atoms with Crippen LogP contribution in [-0.2, 0) is 19.1 Å². The predicted molar refractivity (Wildman–Crippen MR) is 223 cm³/mol. The number of hydrogen-bond acceptors (Lipinski definition) is 8. The molecule has 0 aromatic carbocycles. The summed E-state index contributed by atoms with van der Waals surface area (Å²) in [5.74, 6) is -1.11. The van der Waals surface area contributed by atoms with Gasteiger partial charge >= 0.3 is 11.9 Å². The molecule has 2 aliphatic carbocycles. The van der Waals surface area contributed by atoms with Gasteiger partial charge in [-0.25, -0.2) is 0 Å². The molecule has 0 radical (unpaired) electrons. The quantitative estimate of drug-likeness (QED) is 0.0396. The van der Waals surface area contributed by atoms with E-state index in [0.717, 1.165) is 31.4 Å². The summed E-state index contributed by atoms with van der Waals surface area (Å²) >= 11 is 8.91. The van der Waals surface area contributed by atoms with E-state index in [4.69, 9.17) is 28.4 Å². The molecule has 300 valence electrons. The van der Waals surface area contributed by atoms with E-state index in [1.807, 2.05) is 68.4 Å². The third-order valence-electron chi connectivity index (χ3n) is 11.3. The molecular formula is C41H74N4O5S2. The zero-order chi connectivity index (χ0) is 41.0. The van der Waals surface area contributed by atoms with E-state index in [1.165, 1.54) is 0 Å². The second kappa shape index (κ2) is 24.2. The molecule has 1 saturated carbocycles. The van der Waals surface area contributed by atoms with Gasteiger partial charge in [0, 0.05) is 13.0 Å². The highest BCUT2D eigenvalue weighted by molar-refractivity contribution is 8.11. The number of carbonyl (C=O) groups is 3. The highest BCUT2D eigenvalue weighted by atomic mass is 32.1. The minimum Gasteiger partial charge on any atom is -0.481 e. The molecule has 0 aliphatic heterocycles. The standard InChI is InChI=1S/C30H53N3O5.C7H8S2.C2H7N.C2H6/c1-10-16-38-25(37)28(8,21(2)3)17-22(4)29(9)19-30(29,24(36)33-15-11-14-31)18-26(5,6)27(7,20-32)13-12-23(34)35;8-7(9)6-4-2-1-3-5-6;1-2-3;1-2/h21-22H,10-19,31H2,1-9H3,(H,33,36)(H,34,35);2,4-5H,1,3H2,(H,8,9);2-3H2,1H3;1-2H3. The molecule has 52 heavy (non-hydrogen) atoms. The number of thiocarbonyl (C=S) groups is 1. The van der Waals surface area contributed by atoms with E-state index < -0.39 is 33.0 Å². The summed E-state index contributed by atoms with van der Waals surface area (Å²) in [6.07, 6.45) is 11.7. The fraction of sp³-hybridized carbons (Fsp3) is 0.780. The number of carboxylic acids is 1. The van der Waals surface area contributed by atoms with Crippen LogP contribution < -0.4 is 16.8 Å². The van der Waals surface area contributed by atoms with Gasteiger partial charge in [0.2, 0.25) is 5.91 Å². The largest absolute Gasteiger partial charge is 0.481 e. The Balaban J connectivity index is 0. The number of ether oxygens (including phenoxy) is 1. The molecule has 0 heterocycles. The normalized spacial score (nSPS) is 21.7. The first-order chi connectivity index (χ1) is 24.1. The van der Waals surface area contributed by atoms with Gasteiger partial charge < -0.3 is 26.6 Å². The molecule has 0 bridgehead atoms. The van der Waals surface area contributed by atoms with Gasteiger partial charge in [-0.2, -0.15) is 5.26 Å². The zero-order valence-corrected chi connectivity index (χ0v) is 36.3. The molecule has 2 aliphatic rings. The number of hydrogen-bond donors (Lipinski definition) is 5. The Bertz CT molecular complexity index is 1250. The Hall–Kier alpha value is -2.26. The van der Waals surface area contributed by atoms with Crippen LogP contribution in [0, 0.1) is 50.2 Å². The fourth-order valence-electron chi connectivity index (χ4n) is 6.79. The zero-order valence-electron chi connectivity index (χ0n) is 34.6. The van der Waals surface area contributed by atoms with Crippen LogP contribution in [0.1, 0.15) is 141 Å².